The van der Waals surface area contributed by atoms with Crippen molar-refractivity contribution in [2.75, 3.05) is 38.7 Å². The number of benzene rings is 1. The van der Waals surface area contributed by atoms with E-state index in [4.69, 9.17) is 9.47 Å². The first-order valence-electron chi connectivity index (χ1n) is 8.34. The summed E-state index contributed by atoms with van der Waals surface area (Å²) in [7, 11) is 3.75. The fourth-order valence-electron chi connectivity index (χ4n) is 2.62. The Hall–Kier alpha value is -2.90. The van der Waals surface area contributed by atoms with E-state index in [0.717, 1.165) is 0 Å². The predicted molar refractivity (Wildman–Crippen MR) is 93.9 cm³/mol. The fraction of sp³-hybridized carbons (Fsp3) is 0.389. The van der Waals surface area contributed by atoms with Gasteiger partial charge >= 0.3 is 0 Å². The highest BCUT2D eigenvalue weighted by Gasteiger charge is 2.28. The molecule has 1 unspecified atom stereocenters. The van der Waals surface area contributed by atoms with Crippen LogP contribution < -0.4 is 14.4 Å². The zero-order chi connectivity index (χ0) is 18.5. The summed E-state index contributed by atoms with van der Waals surface area (Å²) in [5, 5.41) is 0. The van der Waals surface area contributed by atoms with Crippen LogP contribution in [0.5, 0.6) is 11.6 Å². The number of carbonyl (C=O) groups is 1. The highest BCUT2D eigenvalue weighted by atomic mass is 19.1. The average molecular weight is 360 g/mol. The average Bonchev–Trinajstić information content (AvgIpc) is 3.09. The highest BCUT2D eigenvalue weighted by Crippen LogP contribution is 2.19. The van der Waals surface area contributed by atoms with Crippen LogP contribution in [0.2, 0.25) is 0 Å². The number of anilines is 1. The Labute approximate surface area is 151 Å². The van der Waals surface area contributed by atoms with Gasteiger partial charge in [0.05, 0.1) is 18.9 Å². The number of nitrogens with zero attached hydrogens (tertiary/aromatic N) is 4. The molecule has 0 bridgehead atoms. The summed E-state index contributed by atoms with van der Waals surface area (Å²) in [6, 6.07) is 6.02. The summed E-state index contributed by atoms with van der Waals surface area (Å²) in [6.45, 7) is 0.793. The summed E-state index contributed by atoms with van der Waals surface area (Å²) in [5.41, 5.74) is 0. The first-order chi connectivity index (χ1) is 12.5. The molecule has 7 nitrogen and oxygen atoms in total. The molecular formula is C18H21FN4O3. The maximum atomic E-state index is 13.5. The Kier molecular flexibility index (Phi) is 5.50. The van der Waals surface area contributed by atoms with E-state index >= 15 is 0 Å². The van der Waals surface area contributed by atoms with Crippen molar-refractivity contribution in [3.63, 3.8) is 0 Å². The molecular weight excluding hydrogens is 339 g/mol. The van der Waals surface area contributed by atoms with Crippen LogP contribution >= 0.6 is 0 Å². The van der Waals surface area contributed by atoms with E-state index in [1.807, 2.05) is 19.0 Å². The van der Waals surface area contributed by atoms with Crippen molar-refractivity contribution in [3.05, 3.63) is 42.5 Å². The van der Waals surface area contributed by atoms with E-state index in [2.05, 4.69) is 9.97 Å². The van der Waals surface area contributed by atoms with Gasteiger partial charge in [0.2, 0.25) is 5.88 Å². The van der Waals surface area contributed by atoms with Crippen molar-refractivity contribution in [2.24, 2.45) is 0 Å². The third-order valence-corrected chi connectivity index (χ3v) is 4.03. The van der Waals surface area contributed by atoms with Crippen LogP contribution in [0.1, 0.15) is 6.42 Å². The van der Waals surface area contributed by atoms with E-state index in [9.17, 15) is 9.18 Å². The van der Waals surface area contributed by atoms with Crippen molar-refractivity contribution in [1.29, 1.82) is 0 Å². The van der Waals surface area contributed by atoms with E-state index < -0.39 is 5.82 Å². The minimum Gasteiger partial charge on any atom is -0.481 e. The Morgan fingerprint density at radius 1 is 1.35 bits per heavy atom. The number of aromatic nitrogens is 2. The molecule has 0 spiro atoms. The molecule has 1 aliphatic heterocycles. The predicted octanol–water partition coefficient (Wildman–Crippen LogP) is 1.74. The summed E-state index contributed by atoms with van der Waals surface area (Å²) in [6.07, 6.45) is 3.74. The molecule has 0 saturated carbocycles. The largest absolute Gasteiger partial charge is 0.481 e. The van der Waals surface area contributed by atoms with Crippen LogP contribution in [-0.4, -0.2) is 60.7 Å². The minimum absolute atomic E-state index is 0.0728. The first-order valence-corrected chi connectivity index (χ1v) is 8.34. The van der Waals surface area contributed by atoms with Crippen LogP contribution in [0.3, 0.4) is 0 Å². The van der Waals surface area contributed by atoms with E-state index in [1.54, 1.807) is 29.4 Å². The van der Waals surface area contributed by atoms with Gasteiger partial charge in [-0.3, -0.25) is 9.78 Å². The first kappa shape index (κ1) is 17.9. The molecule has 1 aromatic carbocycles. The van der Waals surface area contributed by atoms with Crippen molar-refractivity contribution >= 4 is 11.7 Å². The topological polar surface area (TPSA) is 67.8 Å². The molecule has 0 aliphatic carbocycles. The number of hydrogen-bond acceptors (Lipinski definition) is 6. The van der Waals surface area contributed by atoms with Gasteiger partial charge < -0.3 is 19.3 Å². The van der Waals surface area contributed by atoms with Crippen LogP contribution in [-0.2, 0) is 4.79 Å². The van der Waals surface area contributed by atoms with Crippen LogP contribution in [0, 0.1) is 5.82 Å². The van der Waals surface area contributed by atoms with Gasteiger partial charge in [0.25, 0.3) is 5.91 Å². The number of amides is 1. The zero-order valence-corrected chi connectivity index (χ0v) is 14.8. The fourth-order valence-corrected chi connectivity index (χ4v) is 2.62. The molecule has 1 aliphatic rings. The minimum atomic E-state index is -0.484. The van der Waals surface area contributed by atoms with Gasteiger partial charge in [0, 0.05) is 27.1 Å². The Balaban J connectivity index is 1.51. The monoisotopic (exact) mass is 360 g/mol. The lowest BCUT2D eigenvalue weighted by Crippen LogP contribution is -2.34. The molecule has 1 fully saturated rings. The number of rotatable bonds is 6. The van der Waals surface area contributed by atoms with E-state index in [-0.39, 0.29) is 24.4 Å². The number of ether oxygens (including phenoxy) is 2. The lowest BCUT2D eigenvalue weighted by Gasteiger charge is -2.18. The van der Waals surface area contributed by atoms with Gasteiger partial charge in [-0.15, -0.1) is 0 Å². The standard InChI is InChI=1S/C18H21FN4O3/c1-22(2)16-9-20-10-17(21-16)26-13-7-8-23(11-13)18(24)12-25-15-6-4-3-5-14(15)19/h3-6,9-10,13H,7-8,11-12H2,1-2H3. The summed E-state index contributed by atoms with van der Waals surface area (Å²) in [5.74, 6) is 0.517. The number of carbonyl (C=O) groups excluding carboxylic acids is 1. The van der Waals surface area contributed by atoms with Crippen molar-refractivity contribution in [3.8, 4) is 11.6 Å². The van der Waals surface area contributed by atoms with E-state index in [1.165, 1.54) is 12.1 Å². The Morgan fingerprint density at radius 2 is 2.15 bits per heavy atom. The molecule has 26 heavy (non-hydrogen) atoms. The molecule has 2 aromatic rings. The SMILES string of the molecule is CN(C)c1cncc(OC2CCN(C(=O)COc3ccccc3F)C2)n1. The summed E-state index contributed by atoms with van der Waals surface area (Å²) in [4.78, 5) is 24.2. The highest BCUT2D eigenvalue weighted by molar-refractivity contribution is 5.78. The maximum absolute atomic E-state index is 13.5. The smallest absolute Gasteiger partial charge is 0.260 e. The summed E-state index contributed by atoms with van der Waals surface area (Å²) >= 11 is 0. The third-order valence-electron chi connectivity index (χ3n) is 4.03. The molecule has 2 heterocycles. The summed E-state index contributed by atoms with van der Waals surface area (Å²) < 4.78 is 24.6. The van der Waals surface area contributed by atoms with Crippen molar-refractivity contribution in [2.45, 2.75) is 12.5 Å². The lowest BCUT2D eigenvalue weighted by molar-refractivity contribution is -0.132. The van der Waals surface area contributed by atoms with Gasteiger partial charge in [0.1, 0.15) is 6.10 Å². The molecule has 1 aromatic heterocycles. The molecule has 1 amide bonds. The second-order valence-corrected chi connectivity index (χ2v) is 6.20. The quantitative estimate of drug-likeness (QED) is 0.782. The second kappa shape index (κ2) is 7.99. The molecule has 3 rings (SSSR count). The molecule has 1 atom stereocenters. The number of halogens is 1. The van der Waals surface area contributed by atoms with Gasteiger partial charge in [-0.25, -0.2) is 4.39 Å². The van der Waals surface area contributed by atoms with Crippen LogP contribution in [0.25, 0.3) is 0 Å². The van der Waals surface area contributed by atoms with Crippen LogP contribution in [0.4, 0.5) is 10.2 Å². The lowest BCUT2D eigenvalue weighted by atomic mass is 10.3. The van der Waals surface area contributed by atoms with Gasteiger partial charge in [-0.05, 0) is 12.1 Å². The number of hydrogen-bond donors (Lipinski definition) is 0. The van der Waals surface area contributed by atoms with Crippen LogP contribution in [0.15, 0.2) is 36.7 Å². The van der Waals surface area contributed by atoms with Gasteiger partial charge in [-0.1, -0.05) is 12.1 Å². The molecule has 0 radical (unpaired) electrons. The van der Waals surface area contributed by atoms with Gasteiger partial charge in [0.15, 0.2) is 24.0 Å². The van der Waals surface area contributed by atoms with E-state index in [0.29, 0.717) is 31.2 Å². The van der Waals surface area contributed by atoms with Crippen molar-refractivity contribution < 1.29 is 18.7 Å². The number of likely N-dealkylation sites (tertiary alicyclic amines) is 1. The maximum Gasteiger partial charge on any atom is 0.260 e. The zero-order valence-electron chi connectivity index (χ0n) is 14.8. The Morgan fingerprint density at radius 3 is 2.92 bits per heavy atom. The molecule has 138 valence electrons. The van der Waals surface area contributed by atoms with Crippen molar-refractivity contribution in [1.82, 2.24) is 14.9 Å². The number of para-hydroxylation sites is 1. The third kappa shape index (κ3) is 4.38. The second-order valence-electron chi connectivity index (χ2n) is 6.20. The Bertz CT molecular complexity index is 772. The molecule has 0 N–H and O–H groups in total. The molecule has 8 heteroatoms. The molecule has 1 saturated heterocycles. The normalized spacial score (nSPS) is 16.4. The van der Waals surface area contributed by atoms with Gasteiger partial charge in [-0.2, -0.15) is 4.98 Å².